The van der Waals surface area contributed by atoms with Crippen LogP contribution in [0.25, 0.3) is 0 Å². The van der Waals surface area contributed by atoms with Crippen molar-refractivity contribution in [2.75, 3.05) is 0 Å². The molecule has 0 heterocycles. The Labute approximate surface area is 214 Å². The van der Waals surface area contributed by atoms with Crippen LogP contribution in [0.15, 0.2) is 91.0 Å². The van der Waals surface area contributed by atoms with Gasteiger partial charge in [0.05, 0.1) is 0 Å². The summed E-state index contributed by atoms with van der Waals surface area (Å²) in [5.74, 6) is -0.799. The number of aromatic carboxylic acids is 1. The first-order valence-corrected chi connectivity index (χ1v) is 12.6. The number of phenols is 1. The molecule has 36 heavy (non-hydrogen) atoms. The molecule has 0 fully saturated rings. The van der Waals surface area contributed by atoms with Gasteiger partial charge in [-0.25, -0.2) is 4.79 Å². The number of carbonyl (C=O) groups is 1. The molecular weight excluding hydrogens is 444 g/mol. The third kappa shape index (κ3) is 5.52. The van der Waals surface area contributed by atoms with Crippen molar-refractivity contribution in [1.29, 1.82) is 0 Å². The third-order valence-electron chi connectivity index (χ3n) is 6.86. The Morgan fingerprint density at radius 1 is 0.667 bits per heavy atom. The largest absolute Gasteiger partial charge is 0.507 e. The molecule has 0 aliphatic rings. The normalized spacial score (nSPS) is 11.4. The summed E-state index contributed by atoms with van der Waals surface area (Å²) in [5, 5.41) is 21.2. The predicted molar refractivity (Wildman–Crippen MR) is 146 cm³/mol. The maximum absolute atomic E-state index is 12.2. The minimum Gasteiger partial charge on any atom is -0.507 e. The fraction of sp³-hybridized carbons (Fsp3) is 0.242. The molecule has 4 aromatic rings. The lowest BCUT2D eigenvalue weighted by molar-refractivity contribution is 0.0693. The van der Waals surface area contributed by atoms with Crippen molar-refractivity contribution in [3.8, 4) is 5.75 Å². The van der Waals surface area contributed by atoms with Crippen LogP contribution in [0.4, 0.5) is 0 Å². The van der Waals surface area contributed by atoms with E-state index in [1.54, 1.807) is 6.07 Å². The number of rotatable bonds is 8. The molecular formula is C33H34O3. The highest BCUT2D eigenvalue weighted by Gasteiger charge is 2.25. The van der Waals surface area contributed by atoms with E-state index in [1.165, 1.54) is 11.1 Å². The number of aromatic hydroxyl groups is 1. The zero-order valence-corrected chi connectivity index (χ0v) is 21.4. The molecule has 0 spiro atoms. The van der Waals surface area contributed by atoms with Crippen LogP contribution in [0.1, 0.15) is 94.8 Å². The van der Waals surface area contributed by atoms with E-state index >= 15 is 0 Å². The lowest BCUT2D eigenvalue weighted by Crippen LogP contribution is -2.09. The zero-order chi connectivity index (χ0) is 25.8. The summed E-state index contributed by atoms with van der Waals surface area (Å²) in [5.41, 5.74) is 6.98. The van der Waals surface area contributed by atoms with Gasteiger partial charge in [0.2, 0.25) is 0 Å². The van der Waals surface area contributed by atoms with Gasteiger partial charge in [0.1, 0.15) is 11.3 Å². The van der Waals surface area contributed by atoms with E-state index in [9.17, 15) is 15.0 Å². The molecule has 184 valence electrons. The van der Waals surface area contributed by atoms with E-state index in [1.807, 2.05) is 36.4 Å². The highest BCUT2D eigenvalue weighted by Crippen LogP contribution is 2.40. The average Bonchev–Trinajstić information content (AvgIpc) is 2.87. The minimum absolute atomic E-state index is 0.0685. The first-order chi connectivity index (χ1) is 17.2. The molecule has 0 radical (unpaired) electrons. The summed E-state index contributed by atoms with van der Waals surface area (Å²) in [6.45, 7) is 8.65. The third-order valence-corrected chi connectivity index (χ3v) is 6.86. The Morgan fingerprint density at radius 3 is 1.58 bits per heavy atom. The summed E-state index contributed by atoms with van der Waals surface area (Å²) in [7, 11) is 0. The Balaban J connectivity index is 1.90. The summed E-state index contributed by atoms with van der Waals surface area (Å²) < 4.78 is 0. The van der Waals surface area contributed by atoms with Gasteiger partial charge >= 0.3 is 5.97 Å². The average molecular weight is 479 g/mol. The van der Waals surface area contributed by atoms with Gasteiger partial charge in [-0.1, -0.05) is 113 Å². The molecule has 2 N–H and O–H groups in total. The topological polar surface area (TPSA) is 57.5 Å². The quantitative estimate of drug-likeness (QED) is 0.252. The van der Waals surface area contributed by atoms with E-state index < -0.39 is 5.97 Å². The Bertz CT molecular complexity index is 1270. The fourth-order valence-corrected chi connectivity index (χ4v) is 4.73. The first-order valence-electron chi connectivity index (χ1n) is 12.6. The maximum atomic E-state index is 12.2. The standard InChI is InChI=1S/C33H34O3/c1-21(2)25-10-14-27(15-11-25)31(28-16-12-26(13-17-28)22(3)4)29-19-24(18-23-8-6-5-7-9-23)20-30(32(29)34)33(35)36/h5-17,19-22,31,34H,18H2,1-4H3,(H,35,36). The molecule has 0 unspecified atom stereocenters. The van der Waals surface area contributed by atoms with Crippen molar-refractivity contribution in [3.63, 3.8) is 0 Å². The van der Waals surface area contributed by atoms with Gasteiger partial charge in [0, 0.05) is 11.5 Å². The van der Waals surface area contributed by atoms with Crippen LogP contribution in [-0.2, 0) is 6.42 Å². The van der Waals surface area contributed by atoms with Crippen LogP contribution in [0.2, 0.25) is 0 Å². The molecule has 4 rings (SSSR count). The molecule has 0 saturated carbocycles. The second-order valence-electron chi connectivity index (χ2n) is 10.1. The van der Waals surface area contributed by atoms with Gasteiger partial charge in [0.15, 0.2) is 0 Å². The molecule has 0 aliphatic carbocycles. The van der Waals surface area contributed by atoms with E-state index in [4.69, 9.17) is 0 Å². The molecule has 0 aliphatic heterocycles. The van der Waals surface area contributed by atoms with Crippen molar-refractivity contribution in [1.82, 2.24) is 0 Å². The van der Waals surface area contributed by atoms with Crippen molar-refractivity contribution >= 4 is 5.97 Å². The van der Waals surface area contributed by atoms with Crippen molar-refractivity contribution in [2.45, 2.75) is 51.9 Å². The SMILES string of the molecule is CC(C)c1ccc(C(c2ccc(C(C)C)cc2)c2cc(Cc3ccccc3)cc(C(=O)O)c2O)cc1. The maximum Gasteiger partial charge on any atom is 0.339 e. The molecule has 0 aromatic heterocycles. The first kappa shape index (κ1) is 25.2. The zero-order valence-electron chi connectivity index (χ0n) is 21.4. The van der Waals surface area contributed by atoms with Crippen molar-refractivity contribution in [2.24, 2.45) is 0 Å². The van der Waals surface area contributed by atoms with Crippen LogP contribution in [-0.4, -0.2) is 16.2 Å². The van der Waals surface area contributed by atoms with Gasteiger partial charge in [-0.05, 0) is 57.7 Å². The van der Waals surface area contributed by atoms with Crippen LogP contribution >= 0.6 is 0 Å². The fourth-order valence-electron chi connectivity index (χ4n) is 4.73. The number of hydrogen-bond acceptors (Lipinski definition) is 2. The lowest BCUT2D eigenvalue weighted by Gasteiger charge is -2.23. The van der Waals surface area contributed by atoms with Crippen LogP contribution in [0, 0.1) is 0 Å². The van der Waals surface area contributed by atoms with Crippen LogP contribution in [0.5, 0.6) is 5.75 Å². The van der Waals surface area contributed by atoms with Gasteiger partial charge in [-0.3, -0.25) is 0 Å². The van der Waals surface area contributed by atoms with Crippen molar-refractivity contribution < 1.29 is 15.0 Å². The summed E-state index contributed by atoms with van der Waals surface area (Å²) in [6, 6.07) is 30.4. The van der Waals surface area contributed by atoms with Crippen LogP contribution in [0.3, 0.4) is 0 Å². The van der Waals surface area contributed by atoms with E-state index in [0.29, 0.717) is 23.8 Å². The highest BCUT2D eigenvalue weighted by atomic mass is 16.4. The molecule has 0 saturated heterocycles. The molecule has 3 nitrogen and oxygen atoms in total. The Hall–Kier alpha value is -3.85. The molecule has 0 amide bonds. The summed E-state index contributed by atoms with van der Waals surface area (Å²) >= 11 is 0. The highest BCUT2D eigenvalue weighted by molar-refractivity contribution is 5.92. The number of benzene rings is 4. The molecule has 4 aromatic carbocycles. The van der Waals surface area contributed by atoms with Crippen LogP contribution < -0.4 is 0 Å². The second-order valence-corrected chi connectivity index (χ2v) is 10.1. The van der Waals surface area contributed by atoms with Gasteiger partial charge < -0.3 is 10.2 Å². The summed E-state index contributed by atoms with van der Waals surface area (Å²) in [4.78, 5) is 12.2. The smallest absolute Gasteiger partial charge is 0.339 e. The van der Waals surface area contributed by atoms with Gasteiger partial charge in [-0.2, -0.15) is 0 Å². The number of carboxylic acids is 1. The molecule has 0 atom stereocenters. The lowest BCUT2D eigenvalue weighted by atomic mass is 9.81. The predicted octanol–water partition coefficient (Wildman–Crippen LogP) is 8.11. The Morgan fingerprint density at radius 2 is 1.14 bits per heavy atom. The Kier molecular flexibility index (Phi) is 7.59. The van der Waals surface area contributed by atoms with E-state index in [2.05, 4.69) is 76.2 Å². The molecule has 0 bridgehead atoms. The van der Waals surface area contributed by atoms with Gasteiger partial charge in [-0.15, -0.1) is 0 Å². The van der Waals surface area contributed by atoms with E-state index in [-0.39, 0.29) is 17.2 Å². The van der Waals surface area contributed by atoms with E-state index in [0.717, 1.165) is 22.3 Å². The minimum atomic E-state index is -1.13. The summed E-state index contributed by atoms with van der Waals surface area (Å²) in [6.07, 6.45) is 0.583. The number of hydrogen-bond donors (Lipinski definition) is 2. The van der Waals surface area contributed by atoms with Gasteiger partial charge in [0.25, 0.3) is 0 Å². The van der Waals surface area contributed by atoms with Crippen molar-refractivity contribution in [3.05, 3.63) is 136 Å². The number of carboxylic acid groups (broad SMARTS) is 1. The monoisotopic (exact) mass is 478 g/mol. The molecule has 3 heteroatoms. The second kappa shape index (κ2) is 10.8.